The van der Waals surface area contributed by atoms with Crippen LogP contribution in [0.3, 0.4) is 0 Å². The summed E-state index contributed by atoms with van der Waals surface area (Å²) >= 11 is 0. The van der Waals surface area contributed by atoms with E-state index in [-0.39, 0.29) is 23.1 Å². The van der Waals surface area contributed by atoms with Gasteiger partial charge in [-0.15, -0.1) is 0 Å². The lowest BCUT2D eigenvalue weighted by Crippen LogP contribution is -2.37. The molecule has 1 aliphatic rings. The average molecular weight is 461 g/mol. The average Bonchev–Trinajstić information content (AvgIpc) is 2.91. The molecule has 3 heterocycles. The summed E-state index contributed by atoms with van der Waals surface area (Å²) in [4.78, 5) is 31.8. The number of benzene rings is 1. The van der Waals surface area contributed by atoms with Crippen molar-refractivity contribution >= 4 is 17.1 Å². The number of imidazole rings is 1. The Morgan fingerprint density at radius 2 is 1.97 bits per heavy atom. The lowest BCUT2D eigenvalue weighted by molar-refractivity contribution is -0.120. The van der Waals surface area contributed by atoms with E-state index >= 15 is 0 Å². The van der Waals surface area contributed by atoms with Gasteiger partial charge in [0, 0.05) is 51.3 Å². The zero-order valence-electron chi connectivity index (χ0n) is 20.6. The van der Waals surface area contributed by atoms with Crippen LogP contribution in [0.15, 0.2) is 35.1 Å². The minimum atomic E-state index is -0.0952. The molecule has 0 aliphatic carbocycles. The molecule has 178 valence electrons. The van der Waals surface area contributed by atoms with E-state index in [1.807, 2.05) is 30.3 Å². The van der Waals surface area contributed by atoms with Gasteiger partial charge in [0.2, 0.25) is 5.91 Å². The number of carbonyl (C=O) groups is 1. The van der Waals surface area contributed by atoms with E-state index in [1.54, 1.807) is 16.2 Å². The Labute approximate surface area is 199 Å². The van der Waals surface area contributed by atoms with Crippen LogP contribution in [0.5, 0.6) is 0 Å². The minimum absolute atomic E-state index is 0.0519. The summed E-state index contributed by atoms with van der Waals surface area (Å²) in [6.07, 6.45) is 0.477. The fourth-order valence-electron chi connectivity index (χ4n) is 4.46. The van der Waals surface area contributed by atoms with Gasteiger partial charge >= 0.3 is 5.69 Å². The second-order valence-corrected chi connectivity index (χ2v) is 10.4. The van der Waals surface area contributed by atoms with Crippen LogP contribution in [0.1, 0.15) is 45.2 Å². The molecule has 0 saturated carbocycles. The van der Waals surface area contributed by atoms with Crippen molar-refractivity contribution in [2.75, 3.05) is 13.1 Å². The molecule has 8 heteroatoms. The highest BCUT2D eigenvalue weighted by Gasteiger charge is 2.22. The molecule has 34 heavy (non-hydrogen) atoms. The summed E-state index contributed by atoms with van der Waals surface area (Å²) in [5.41, 5.74) is 4.24. The summed E-state index contributed by atoms with van der Waals surface area (Å²) in [7, 11) is 1.73. The number of nitriles is 1. The van der Waals surface area contributed by atoms with E-state index in [2.05, 4.69) is 44.0 Å². The summed E-state index contributed by atoms with van der Waals surface area (Å²) in [6, 6.07) is 12.1. The highest BCUT2D eigenvalue weighted by atomic mass is 16.2. The second-order valence-electron chi connectivity index (χ2n) is 10.4. The van der Waals surface area contributed by atoms with E-state index in [0.717, 1.165) is 16.6 Å². The van der Waals surface area contributed by atoms with Crippen LogP contribution in [0, 0.1) is 16.7 Å². The first kappa shape index (κ1) is 23.7. The predicted molar refractivity (Wildman–Crippen MR) is 132 cm³/mol. The molecule has 1 amide bonds. The van der Waals surface area contributed by atoms with Crippen molar-refractivity contribution in [3.8, 4) is 17.3 Å². The number of aryl methyl sites for hydroxylation is 1. The van der Waals surface area contributed by atoms with Gasteiger partial charge in [-0.3, -0.25) is 18.8 Å². The molecule has 0 radical (unpaired) electrons. The van der Waals surface area contributed by atoms with Crippen molar-refractivity contribution in [2.45, 2.75) is 53.2 Å². The summed E-state index contributed by atoms with van der Waals surface area (Å²) in [5.74, 6) is 0.0800. The highest BCUT2D eigenvalue weighted by Crippen LogP contribution is 2.27. The molecule has 1 saturated heterocycles. The first-order valence-electron chi connectivity index (χ1n) is 11.7. The number of hydrogen-bond donors (Lipinski definition) is 1. The number of aromatic nitrogens is 3. The van der Waals surface area contributed by atoms with Crippen LogP contribution in [0.2, 0.25) is 0 Å². The smallest absolute Gasteiger partial charge is 0.330 e. The lowest BCUT2D eigenvalue weighted by Gasteiger charge is -2.26. The molecular formula is C26H32N6O2. The Hall–Kier alpha value is -3.44. The van der Waals surface area contributed by atoms with Gasteiger partial charge in [0.05, 0.1) is 22.8 Å². The normalized spacial score (nSPS) is 17.4. The molecule has 1 fully saturated rings. The van der Waals surface area contributed by atoms with E-state index in [0.29, 0.717) is 49.5 Å². The first-order valence-corrected chi connectivity index (χ1v) is 11.7. The Morgan fingerprint density at radius 1 is 1.21 bits per heavy atom. The topological polar surface area (TPSA) is 96.0 Å². The maximum Gasteiger partial charge on any atom is 0.330 e. The fourth-order valence-corrected chi connectivity index (χ4v) is 4.46. The maximum absolute atomic E-state index is 12.9. The molecule has 1 atom stereocenters. The molecule has 8 nitrogen and oxygen atoms in total. The van der Waals surface area contributed by atoms with Crippen molar-refractivity contribution in [3.05, 3.63) is 51.9 Å². The van der Waals surface area contributed by atoms with Gasteiger partial charge in [-0.05, 0) is 42.2 Å². The van der Waals surface area contributed by atoms with Gasteiger partial charge in [0.15, 0.2) is 5.65 Å². The Balaban J connectivity index is 1.73. The Kier molecular flexibility index (Phi) is 6.32. The number of fused-ring (bicyclic) bond motifs is 1. The van der Waals surface area contributed by atoms with Crippen LogP contribution in [0.4, 0.5) is 0 Å². The minimum Gasteiger partial charge on any atom is -0.355 e. The monoisotopic (exact) mass is 460 g/mol. The summed E-state index contributed by atoms with van der Waals surface area (Å²) in [5, 5.41) is 12.7. The van der Waals surface area contributed by atoms with Crippen molar-refractivity contribution in [3.63, 3.8) is 0 Å². The fraction of sp³-hybridized carbons (Fsp3) is 0.462. The van der Waals surface area contributed by atoms with E-state index in [1.165, 1.54) is 0 Å². The van der Waals surface area contributed by atoms with E-state index in [9.17, 15) is 14.9 Å². The molecule has 1 N–H and O–H groups in total. The van der Waals surface area contributed by atoms with Crippen molar-refractivity contribution in [1.82, 2.24) is 24.3 Å². The van der Waals surface area contributed by atoms with Crippen molar-refractivity contribution in [1.29, 1.82) is 5.26 Å². The quantitative estimate of drug-likeness (QED) is 0.646. The zero-order chi connectivity index (χ0) is 24.6. The number of nitrogens with zero attached hydrogens (tertiary/aromatic N) is 5. The number of carbonyl (C=O) groups excluding carboxylic acids is 1. The molecule has 2 aromatic heterocycles. The third-order valence-electron chi connectivity index (χ3n) is 6.32. The molecule has 1 aromatic carbocycles. The lowest BCUT2D eigenvalue weighted by atomic mass is 9.97. The largest absolute Gasteiger partial charge is 0.355 e. The second kappa shape index (κ2) is 9.07. The third kappa shape index (κ3) is 4.75. The predicted octanol–water partition coefficient (Wildman–Crippen LogP) is 3.03. The Morgan fingerprint density at radius 3 is 2.68 bits per heavy atom. The standard InChI is InChI=1S/C26H32N6O2/c1-17-14-28-23(33)10-11-31(17)15-18-6-7-19(13-27)20(12-18)21-8-9-22-24(29-21)30(5)25(34)32(22)16-26(2,3)4/h6-9,12,17H,10-11,14-16H2,1-5H3,(H,28,33). The van der Waals surface area contributed by atoms with Gasteiger partial charge in [0.1, 0.15) is 0 Å². The van der Waals surface area contributed by atoms with Crippen LogP contribution in [-0.4, -0.2) is 44.1 Å². The van der Waals surface area contributed by atoms with Crippen LogP contribution >= 0.6 is 0 Å². The maximum atomic E-state index is 12.9. The molecule has 3 aromatic rings. The number of nitrogens with one attached hydrogen (secondary N) is 1. The molecule has 0 bridgehead atoms. The summed E-state index contributed by atoms with van der Waals surface area (Å²) < 4.78 is 3.34. The number of rotatable bonds is 4. The van der Waals surface area contributed by atoms with Crippen LogP contribution in [-0.2, 0) is 24.9 Å². The van der Waals surface area contributed by atoms with Gasteiger partial charge < -0.3 is 5.32 Å². The van der Waals surface area contributed by atoms with Crippen molar-refractivity contribution in [2.24, 2.45) is 12.5 Å². The molecule has 0 spiro atoms. The van der Waals surface area contributed by atoms with Gasteiger partial charge in [0.25, 0.3) is 0 Å². The molecule has 4 rings (SSSR count). The van der Waals surface area contributed by atoms with Crippen molar-refractivity contribution < 1.29 is 4.79 Å². The molecule has 1 aliphatic heterocycles. The number of hydrogen-bond acceptors (Lipinski definition) is 5. The summed E-state index contributed by atoms with van der Waals surface area (Å²) in [6.45, 7) is 11.0. The highest BCUT2D eigenvalue weighted by molar-refractivity contribution is 5.78. The van der Waals surface area contributed by atoms with Crippen LogP contribution < -0.4 is 11.0 Å². The van der Waals surface area contributed by atoms with Gasteiger partial charge in [-0.1, -0.05) is 26.8 Å². The Bertz CT molecular complexity index is 1340. The van der Waals surface area contributed by atoms with Crippen LogP contribution in [0.25, 0.3) is 22.4 Å². The number of amides is 1. The zero-order valence-corrected chi connectivity index (χ0v) is 20.6. The van der Waals surface area contributed by atoms with Gasteiger partial charge in [-0.25, -0.2) is 9.78 Å². The van der Waals surface area contributed by atoms with E-state index < -0.39 is 0 Å². The SMILES string of the molecule is CC1CNC(=O)CCN1Cc1ccc(C#N)c(-c2ccc3c(n2)n(C)c(=O)n3CC(C)(C)C)c1. The third-order valence-corrected chi connectivity index (χ3v) is 6.32. The first-order chi connectivity index (χ1) is 16.1. The molecular weight excluding hydrogens is 428 g/mol. The number of pyridine rings is 1. The molecule has 1 unspecified atom stereocenters. The van der Waals surface area contributed by atoms with E-state index in [4.69, 9.17) is 4.98 Å². The van der Waals surface area contributed by atoms with Gasteiger partial charge in [-0.2, -0.15) is 5.26 Å².